The first-order valence-corrected chi connectivity index (χ1v) is 8.00. The van der Waals surface area contributed by atoms with E-state index < -0.39 is 5.82 Å². The zero-order chi connectivity index (χ0) is 17.2. The Morgan fingerprint density at radius 2 is 2.00 bits per heavy atom. The van der Waals surface area contributed by atoms with Crippen molar-refractivity contribution in [2.24, 2.45) is 0 Å². The molecule has 1 aromatic heterocycles. The number of fused-ring (bicyclic) bond motifs is 4. The van der Waals surface area contributed by atoms with Crippen molar-refractivity contribution >= 4 is 16.8 Å². The molecule has 0 aliphatic carbocycles. The summed E-state index contributed by atoms with van der Waals surface area (Å²) in [7, 11) is 0. The fourth-order valence-corrected chi connectivity index (χ4v) is 2.78. The van der Waals surface area contributed by atoms with Crippen molar-refractivity contribution in [3.8, 4) is 22.8 Å². The maximum Gasteiger partial charge on any atom is 0.257 e. The number of carbonyl (C=O) groups is 1. The van der Waals surface area contributed by atoms with Gasteiger partial charge >= 0.3 is 0 Å². The predicted molar refractivity (Wildman–Crippen MR) is 90.1 cm³/mol. The van der Waals surface area contributed by atoms with E-state index >= 15 is 0 Å². The van der Waals surface area contributed by atoms with E-state index in [1.807, 2.05) is 18.2 Å². The van der Waals surface area contributed by atoms with Crippen LogP contribution >= 0.6 is 0 Å². The van der Waals surface area contributed by atoms with Gasteiger partial charge in [0.05, 0.1) is 12.1 Å². The van der Waals surface area contributed by atoms with Gasteiger partial charge in [0.25, 0.3) is 5.91 Å². The second kappa shape index (κ2) is 6.43. The van der Waals surface area contributed by atoms with Gasteiger partial charge in [0, 0.05) is 23.6 Å². The van der Waals surface area contributed by atoms with Gasteiger partial charge in [0.1, 0.15) is 23.0 Å². The van der Waals surface area contributed by atoms with Gasteiger partial charge in [-0.2, -0.15) is 5.10 Å². The van der Waals surface area contributed by atoms with Gasteiger partial charge in [-0.1, -0.05) is 0 Å². The van der Waals surface area contributed by atoms with Crippen LogP contribution in [0.4, 0.5) is 4.39 Å². The quantitative estimate of drug-likeness (QED) is 0.659. The van der Waals surface area contributed by atoms with E-state index in [4.69, 9.17) is 9.47 Å². The third-order valence-corrected chi connectivity index (χ3v) is 3.96. The summed E-state index contributed by atoms with van der Waals surface area (Å²) in [6.07, 6.45) is 0.671. The zero-order valence-corrected chi connectivity index (χ0v) is 13.3. The second-order valence-corrected chi connectivity index (χ2v) is 5.80. The molecule has 25 heavy (non-hydrogen) atoms. The molecule has 0 fully saturated rings. The van der Waals surface area contributed by atoms with Crippen molar-refractivity contribution in [1.29, 1.82) is 0 Å². The molecule has 4 rings (SSSR count). The van der Waals surface area contributed by atoms with Crippen LogP contribution in [0.15, 0.2) is 36.4 Å². The summed E-state index contributed by atoms with van der Waals surface area (Å²) in [5.41, 5.74) is 1.99. The first-order chi connectivity index (χ1) is 12.2. The number of H-pyrrole nitrogens is 1. The predicted octanol–water partition coefficient (Wildman–Crippen LogP) is 2.65. The van der Waals surface area contributed by atoms with Crippen LogP contribution in [-0.4, -0.2) is 35.9 Å². The van der Waals surface area contributed by atoms with Crippen molar-refractivity contribution < 1.29 is 18.7 Å². The van der Waals surface area contributed by atoms with Crippen LogP contribution in [0.5, 0.6) is 11.5 Å². The first kappa shape index (κ1) is 15.4. The summed E-state index contributed by atoms with van der Waals surface area (Å²) in [6.45, 7) is 0.783. The lowest BCUT2D eigenvalue weighted by Gasteiger charge is -2.09. The minimum Gasteiger partial charge on any atom is -0.494 e. The van der Waals surface area contributed by atoms with E-state index in [1.54, 1.807) is 6.07 Å². The van der Waals surface area contributed by atoms with Crippen LogP contribution < -0.4 is 14.8 Å². The lowest BCUT2D eigenvalue weighted by Crippen LogP contribution is -2.30. The molecule has 2 heterocycles. The highest BCUT2D eigenvalue weighted by atomic mass is 19.1. The monoisotopic (exact) mass is 341 g/mol. The smallest absolute Gasteiger partial charge is 0.257 e. The van der Waals surface area contributed by atoms with E-state index in [1.165, 1.54) is 12.1 Å². The molecule has 3 aromatic rings. The lowest BCUT2D eigenvalue weighted by molar-refractivity contribution is -0.123. The highest BCUT2D eigenvalue weighted by Gasteiger charge is 2.13. The summed E-state index contributed by atoms with van der Waals surface area (Å²) in [4.78, 5) is 11.8. The molecular weight excluding hydrogens is 325 g/mol. The number of carbonyl (C=O) groups excluding carboxylic acids is 1. The number of hydrogen-bond donors (Lipinski definition) is 2. The summed E-state index contributed by atoms with van der Waals surface area (Å²) in [5.74, 6) is 0.261. The van der Waals surface area contributed by atoms with E-state index in [9.17, 15) is 9.18 Å². The summed E-state index contributed by atoms with van der Waals surface area (Å²) in [5, 5.41) is 10.8. The maximum absolute atomic E-state index is 14.0. The van der Waals surface area contributed by atoms with Crippen molar-refractivity contribution in [1.82, 2.24) is 15.5 Å². The van der Waals surface area contributed by atoms with E-state index in [2.05, 4.69) is 15.5 Å². The maximum atomic E-state index is 14.0. The molecule has 2 N–H and O–H groups in total. The van der Waals surface area contributed by atoms with Gasteiger partial charge in [-0.25, -0.2) is 4.39 Å². The molecule has 0 radical (unpaired) electrons. The number of ether oxygens (including phenoxy) is 2. The van der Waals surface area contributed by atoms with Crippen LogP contribution in [0.2, 0.25) is 0 Å². The molecule has 1 aliphatic rings. The molecule has 0 spiro atoms. The number of nitrogens with zero attached hydrogens (tertiary/aromatic N) is 1. The molecule has 0 saturated heterocycles. The van der Waals surface area contributed by atoms with Crippen LogP contribution in [0.1, 0.15) is 6.42 Å². The molecule has 2 aromatic carbocycles. The van der Waals surface area contributed by atoms with Gasteiger partial charge in [-0.15, -0.1) is 0 Å². The Kier molecular flexibility index (Phi) is 3.97. The average Bonchev–Trinajstić information content (AvgIpc) is 3.02. The minimum atomic E-state index is -0.458. The molecule has 0 saturated carbocycles. The topological polar surface area (TPSA) is 76.2 Å². The largest absolute Gasteiger partial charge is 0.494 e. The number of nitrogens with one attached hydrogen (secondary N) is 2. The van der Waals surface area contributed by atoms with Crippen LogP contribution in [0.3, 0.4) is 0 Å². The number of halogens is 1. The molecule has 0 atom stereocenters. The van der Waals surface area contributed by atoms with E-state index in [-0.39, 0.29) is 18.3 Å². The summed E-state index contributed by atoms with van der Waals surface area (Å²) >= 11 is 0. The molecule has 0 unspecified atom stereocenters. The highest BCUT2D eigenvalue weighted by Crippen LogP contribution is 2.32. The van der Waals surface area contributed by atoms with Gasteiger partial charge in [0.15, 0.2) is 6.61 Å². The van der Waals surface area contributed by atoms with E-state index in [0.29, 0.717) is 36.6 Å². The van der Waals surface area contributed by atoms with Crippen molar-refractivity contribution in [3.05, 3.63) is 42.2 Å². The van der Waals surface area contributed by atoms with Crippen LogP contribution in [-0.2, 0) is 4.79 Å². The number of aromatic nitrogens is 2. The Balaban J connectivity index is 1.81. The van der Waals surface area contributed by atoms with Gasteiger partial charge in [-0.3, -0.25) is 9.89 Å². The number of benzene rings is 2. The molecule has 7 heteroatoms. The van der Waals surface area contributed by atoms with Gasteiger partial charge in [-0.05, 0) is 36.8 Å². The standard InChI is InChI=1S/C18H16FN3O3/c19-12-6-11-7-14(8-12)25-10-17(23)20-4-1-5-24-13-2-3-16-15(9-13)18(11)22-21-16/h2-3,6-9H,1,4-5,10H2,(H,20,23)(H,21,22). The molecule has 4 bridgehead atoms. The molecule has 1 aliphatic heterocycles. The first-order valence-electron chi connectivity index (χ1n) is 8.00. The lowest BCUT2D eigenvalue weighted by atomic mass is 10.1. The zero-order valence-electron chi connectivity index (χ0n) is 13.3. The average molecular weight is 341 g/mol. The van der Waals surface area contributed by atoms with Crippen molar-refractivity contribution in [3.63, 3.8) is 0 Å². The Labute approximate surface area is 142 Å². The second-order valence-electron chi connectivity index (χ2n) is 5.80. The fourth-order valence-electron chi connectivity index (χ4n) is 2.78. The number of amides is 1. The van der Waals surface area contributed by atoms with Crippen molar-refractivity contribution in [2.45, 2.75) is 6.42 Å². The Bertz CT molecular complexity index is 938. The van der Waals surface area contributed by atoms with Gasteiger partial charge < -0.3 is 14.8 Å². The normalized spacial score (nSPS) is 15.0. The Hall–Kier alpha value is -3.09. The summed E-state index contributed by atoms with van der Waals surface area (Å²) in [6, 6.07) is 9.89. The highest BCUT2D eigenvalue weighted by molar-refractivity contribution is 5.94. The number of rotatable bonds is 0. The molecular formula is C18H16FN3O3. The summed E-state index contributed by atoms with van der Waals surface area (Å²) < 4.78 is 25.2. The third kappa shape index (κ3) is 3.26. The third-order valence-electron chi connectivity index (χ3n) is 3.96. The van der Waals surface area contributed by atoms with Gasteiger partial charge in [0.2, 0.25) is 0 Å². The number of hydrogen-bond acceptors (Lipinski definition) is 4. The SMILES string of the molecule is O=C1COc2cc(F)cc(c2)-c2n[nH]c3ccc(cc23)OCCCN1. The molecule has 128 valence electrons. The van der Waals surface area contributed by atoms with Crippen molar-refractivity contribution in [2.75, 3.05) is 19.8 Å². The number of aromatic amines is 1. The Morgan fingerprint density at radius 1 is 1.08 bits per heavy atom. The molecule has 6 nitrogen and oxygen atoms in total. The Morgan fingerprint density at radius 3 is 2.92 bits per heavy atom. The van der Waals surface area contributed by atoms with E-state index in [0.717, 1.165) is 10.9 Å². The molecule has 1 amide bonds. The van der Waals surface area contributed by atoms with Crippen LogP contribution in [0.25, 0.3) is 22.2 Å². The minimum absolute atomic E-state index is 0.173. The van der Waals surface area contributed by atoms with Crippen LogP contribution in [0, 0.1) is 5.82 Å². The fraction of sp³-hybridized carbons (Fsp3) is 0.222.